The van der Waals surface area contributed by atoms with Gasteiger partial charge >= 0.3 is 19.8 Å². The van der Waals surface area contributed by atoms with Crippen molar-refractivity contribution in [3.8, 4) is 0 Å². The second-order valence-corrected chi connectivity index (χ2v) is 18.9. The lowest BCUT2D eigenvalue weighted by Crippen LogP contribution is -2.37. The van der Waals surface area contributed by atoms with Crippen LogP contribution in [0.4, 0.5) is 0 Å². The molecule has 0 saturated carbocycles. The van der Waals surface area contributed by atoms with Crippen LogP contribution in [-0.2, 0) is 32.7 Å². The van der Waals surface area contributed by atoms with Crippen molar-refractivity contribution in [1.29, 1.82) is 0 Å². The molecule has 1 N–H and O–H groups in total. The summed E-state index contributed by atoms with van der Waals surface area (Å²) in [5.41, 5.74) is 0. The molecule has 9 nitrogen and oxygen atoms in total. The summed E-state index contributed by atoms with van der Waals surface area (Å²) in [5.74, 6) is -0.839. The molecule has 0 fully saturated rings. The molecule has 2 unspecified atom stereocenters. The molecule has 2 atom stereocenters. The second-order valence-electron chi connectivity index (χ2n) is 17.5. The van der Waals surface area contributed by atoms with Crippen LogP contribution in [0.5, 0.6) is 0 Å². The Morgan fingerprint density at radius 1 is 0.500 bits per heavy atom. The monoisotopic (exact) mass is 915 g/mol. The SMILES string of the molecule is CC/C=C\C/C=C\C/C=C\C/C=C\C/C=C\C/C=C\C/C=C\CCCCCCCC(=O)OC(COC(=O)CCCCCCC/C=C\CCCCCC)COP(=O)(O)OCC[N+](C)(C)C. The zero-order valence-corrected chi connectivity index (χ0v) is 42.1. The summed E-state index contributed by atoms with van der Waals surface area (Å²) < 4.78 is 34.4. The lowest BCUT2D eigenvalue weighted by molar-refractivity contribution is -0.870. The van der Waals surface area contributed by atoms with Gasteiger partial charge in [0.1, 0.15) is 19.8 Å². The second kappa shape index (κ2) is 45.1. The molecule has 0 radical (unpaired) electrons. The van der Waals surface area contributed by atoms with E-state index in [4.69, 9.17) is 18.5 Å². The Morgan fingerprint density at radius 3 is 1.34 bits per heavy atom. The number of unbranched alkanes of at least 4 members (excludes halogenated alkanes) is 14. The van der Waals surface area contributed by atoms with Crippen molar-refractivity contribution < 1.29 is 42.1 Å². The summed E-state index contributed by atoms with van der Waals surface area (Å²) in [7, 11) is 1.44. The van der Waals surface area contributed by atoms with E-state index in [1.807, 2.05) is 21.1 Å². The highest BCUT2D eigenvalue weighted by Gasteiger charge is 2.27. The van der Waals surface area contributed by atoms with Crippen LogP contribution in [0.15, 0.2) is 97.2 Å². The molecule has 0 aliphatic rings. The van der Waals surface area contributed by atoms with Gasteiger partial charge in [0.25, 0.3) is 0 Å². The third-order valence-corrected chi connectivity index (χ3v) is 11.1. The number of likely N-dealkylation sites (N-methyl/N-ethyl adjacent to an activating group) is 1. The summed E-state index contributed by atoms with van der Waals surface area (Å²) in [6.07, 6.45) is 60.3. The van der Waals surface area contributed by atoms with Gasteiger partial charge in [0.05, 0.1) is 27.7 Å². The topological polar surface area (TPSA) is 108 Å². The first-order chi connectivity index (χ1) is 31.0. The molecule has 0 aromatic rings. The van der Waals surface area contributed by atoms with Crippen LogP contribution < -0.4 is 0 Å². The lowest BCUT2D eigenvalue weighted by atomic mass is 10.1. The standard InChI is InChI=1S/C54H92NO8P/c1-6-8-10-12-14-16-18-20-21-22-23-24-25-26-27-28-29-30-31-32-33-35-37-39-41-43-45-47-54(57)63-52(51-62-64(58,59)61-49-48-55(3,4)5)50-60-53(56)46-44-42-40-38-36-34-19-17-15-13-11-9-7-2/h8,10,14,16-17,19-21,23-24,26-27,29-30,32-33,52H,6-7,9,11-13,15,18,22,25,28,31,34-51H2,1-5H3/p+1/b10-8-,16-14-,19-17-,21-20-,24-23-,27-26-,30-29-,33-32-. The van der Waals surface area contributed by atoms with Gasteiger partial charge in [-0.25, -0.2) is 4.57 Å². The first-order valence-electron chi connectivity index (χ1n) is 25.0. The quantitative estimate of drug-likeness (QED) is 0.0212. The van der Waals surface area contributed by atoms with Crippen LogP contribution in [0.3, 0.4) is 0 Å². The number of esters is 2. The first-order valence-corrected chi connectivity index (χ1v) is 26.5. The Balaban J connectivity index is 4.32. The Kier molecular flexibility index (Phi) is 42.9. The van der Waals surface area contributed by atoms with Crippen molar-refractivity contribution in [1.82, 2.24) is 0 Å². The number of phosphoric acid groups is 1. The minimum absolute atomic E-state index is 0.0210. The summed E-state index contributed by atoms with van der Waals surface area (Å²) >= 11 is 0. The molecule has 366 valence electrons. The number of phosphoric ester groups is 1. The Bertz CT molecular complexity index is 1400. The number of allylic oxidation sites excluding steroid dienone is 16. The summed E-state index contributed by atoms with van der Waals surface area (Å²) in [6, 6.07) is 0. The normalized spacial score (nSPS) is 14.3. The van der Waals surface area contributed by atoms with E-state index in [0.717, 1.165) is 116 Å². The molecule has 0 amide bonds. The van der Waals surface area contributed by atoms with Crippen LogP contribution >= 0.6 is 7.82 Å². The molecule has 0 aliphatic heterocycles. The van der Waals surface area contributed by atoms with Crippen LogP contribution in [0.1, 0.15) is 181 Å². The van der Waals surface area contributed by atoms with Crippen molar-refractivity contribution in [2.45, 2.75) is 187 Å². The van der Waals surface area contributed by atoms with Crippen molar-refractivity contribution in [3.63, 3.8) is 0 Å². The van der Waals surface area contributed by atoms with Crippen LogP contribution in [0, 0.1) is 0 Å². The molecule has 64 heavy (non-hydrogen) atoms. The highest BCUT2D eigenvalue weighted by Crippen LogP contribution is 2.43. The number of hydrogen-bond donors (Lipinski definition) is 1. The number of hydrogen-bond acceptors (Lipinski definition) is 7. The third kappa shape index (κ3) is 48.4. The Hall–Kier alpha value is -3.07. The molecular formula is C54H93NO8P+. The van der Waals surface area contributed by atoms with E-state index in [0.29, 0.717) is 17.4 Å². The molecule has 0 spiro atoms. The van der Waals surface area contributed by atoms with Gasteiger partial charge in [-0.2, -0.15) is 0 Å². The third-order valence-electron chi connectivity index (χ3n) is 10.1. The van der Waals surface area contributed by atoms with Crippen molar-refractivity contribution in [3.05, 3.63) is 97.2 Å². The van der Waals surface area contributed by atoms with E-state index in [1.54, 1.807) is 0 Å². The van der Waals surface area contributed by atoms with Crippen molar-refractivity contribution in [2.24, 2.45) is 0 Å². The predicted octanol–water partition coefficient (Wildman–Crippen LogP) is 14.9. The zero-order valence-electron chi connectivity index (χ0n) is 41.2. The smallest absolute Gasteiger partial charge is 0.462 e. The first kappa shape index (κ1) is 60.9. The maximum atomic E-state index is 12.7. The Labute approximate surface area is 392 Å². The number of rotatable bonds is 44. The van der Waals surface area contributed by atoms with E-state index in [-0.39, 0.29) is 32.0 Å². The van der Waals surface area contributed by atoms with E-state index in [2.05, 4.69) is 111 Å². The van der Waals surface area contributed by atoms with Gasteiger partial charge in [-0.15, -0.1) is 0 Å². The highest BCUT2D eigenvalue weighted by atomic mass is 31.2. The molecule has 10 heteroatoms. The van der Waals surface area contributed by atoms with E-state index >= 15 is 0 Å². The van der Waals surface area contributed by atoms with Gasteiger partial charge in [-0.05, 0) is 96.3 Å². The molecule has 0 aromatic heterocycles. The predicted molar refractivity (Wildman–Crippen MR) is 270 cm³/mol. The van der Waals surface area contributed by atoms with Gasteiger partial charge in [0.2, 0.25) is 0 Å². The van der Waals surface area contributed by atoms with Gasteiger partial charge < -0.3 is 18.9 Å². The van der Waals surface area contributed by atoms with Crippen molar-refractivity contribution >= 4 is 19.8 Å². The fraction of sp³-hybridized carbons (Fsp3) is 0.667. The molecular weight excluding hydrogens is 822 g/mol. The number of nitrogens with zero attached hydrogens (tertiary/aromatic N) is 1. The highest BCUT2D eigenvalue weighted by molar-refractivity contribution is 7.47. The summed E-state index contributed by atoms with van der Waals surface area (Å²) in [4.78, 5) is 35.5. The molecule has 0 aliphatic carbocycles. The van der Waals surface area contributed by atoms with Crippen molar-refractivity contribution in [2.75, 3.05) is 47.5 Å². The van der Waals surface area contributed by atoms with Gasteiger partial charge in [0.15, 0.2) is 6.10 Å². The van der Waals surface area contributed by atoms with E-state index in [9.17, 15) is 19.0 Å². The fourth-order valence-corrected chi connectivity index (χ4v) is 6.96. The minimum atomic E-state index is -4.39. The molecule has 0 saturated heterocycles. The largest absolute Gasteiger partial charge is 0.472 e. The van der Waals surface area contributed by atoms with Gasteiger partial charge in [-0.3, -0.25) is 18.6 Å². The number of quaternary nitrogens is 1. The number of carbonyl (C=O) groups is 2. The van der Waals surface area contributed by atoms with Crippen LogP contribution in [0.2, 0.25) is 0 Å². The average molecular weight is 915 g/mol. The zero-order chi connectivity index (χ0) is 47.1. The number of carbonyl (C=O) groups excluding carboxylic acids is 2. The summed E-state index contributed by atoms with van der Waals surface area (Å²) in [5, 5.41) is 0. The average Bonchev–Trinajstić information content (AvgIpc) is 3.25. The van der Waals surface area contributed by atoms with Crippen LogP contribution in [-0.4, -0.2) is 74.9 Å². The molecule has 0 heterocycles. The maximum Gasteiger partial charge on any atom is 0.472 e. The Morgan fingerprint density at radius 2 is 0.891 bits per heavy atom. The minimum Gasteiger partial charge on any atom is -0.462 e. The fourth-order valence-electron chi connectivity index (χ4n) is 6.22. The van der Waals surface area contributed by atoms with Crippen LogP contribution in [0.25, 0.3) is 0 Å². The maximum absolute atomic E-state index is 12.7. The summed E-state index contributed by atoms with van der Waals surface area (Å²) in [6.45, 7) is 4.24. The molecule has 0 bridgehead atoms. The van der Waals surface area contributed by atoms with Gasteiger partial charge in [-0.1, -0.05) is 169 Å². The molecule has 0 aromatic carbocycles. The molecule has 0 rings (SSSR count). The lowest BCUT2D eigenvalue weighted by Gasteiger charge is -2.24. The number of ether oxygens (including phenoxy) is 2. The van der Waals surface area contributed by atoms with E-state index in [1.165, 1.54) is 32.1 Å². The van der Waals surface area contributed by atoms with E-state index < -0.39 is 26.5 Å². The van der Waals surface area contributed by atoms with Gasteiger partial charge in [0, 0.05) is 12.8 Å².